The van der Waals surface area contributed by atoms with E-state index in [9.17, 15) is 4.79 Å². The number of nitrogens with zero attached hydrogens (tertiary/aromatic N) is 3. The third-order valence-electron chi connectivity index (χ3n) is 5.61. The zero-order chi connectivity index (χ0) is 17.2. The minimum atomic E-state index is -0.0118. The lowest BCUT2D eigenvalue weighted by Gasteiger charge is -2.24. The van der Waals surface area contributed by atoms with Gasteiger partial charge in [0.05, 0.1) is 17.9 Å². The summed E-state index contributed by atoms with van der Waals surface area (Å²) in [5.74, 6) is 0.902. The molecular weight excluding hydrogens is 348 g/mol. The Morgan fingerprint density at radius 3 is 2.81 bits per heavy atom. The van der Waals surface area contributed by atoms with Gasteiger partial charge in [-0.3, -0.25) is 4.79 Å². The summed E-state index contributed by atoms with van der Waals surface area (Å²) in [7, 11) is 1.89. The van der Waals surface area contributed by atoms with E-state index in [-0.39, 0.29) is 24.4 Å². The van der Waals surface area contributed by atoms with Gasteiger partial charge in [-0.2, -0.15) is 5.10 Å². The molecule has 1 saturated heterocycles. The highest BCUT2D eigenvalue weighted by Gasteiger charge is 2.39. The van der Waals surface area contributed by atoms with Gasteiger partial charge in [0.1, 0.15) is 0 Å². The fourth-order valence-electron chi connectivity index (χ4n) is 4.29. The second-order valence-corrected chi connectivity index (χ2v) is 7.43. The van der Waals surface area contributed by atoms with Crippen LogP contribution in [0.2, 0.25) is 0 Å². The van der Waals surface area contributed by atoms with Gasteiger partial charge in [0, 0.05) is 31.4 Å². The van der Waals surface area contributed by atoms with E-state index in [0.717, 1.165) is 17.7 Å². The Bertz CT molecular complexity index is 718. The molecule has 1 aromatic carbocycles. The first-order chi connectivity index (χ1) is 12.2. The number of carbonyl (C=O) groups is 1. The summed E-state index contributed by atoms with van der Waals surface area (Å²) in [6.07, 6.45) is 9.95. The molecule has 3 atom stereocenters. The Labute approximate surface area is 161 Å². The van der Waals surface area contributed by atoms with Crippen molar-refractivity contribution in [3.63, 3.8) is 0 Å². The zero-order valence-corrected chi connectivity index (χ0v) is 16.0. The Hall–Kier alpha value is -1.85. The maximum Gasteiger partial charge on any atom is 0.239 e. The first-order valence-electron chi connectivity index (χ1n) is 9.31. The van der Waals surface area contributed by atoms with Crippen LogP contribution in [0.1, 0.15) is 37.7 Å². The predicted molar refractivity (Wildman–Crippen MR) is 105 cm³/mol. The number of hydrogen-bond donors (Lipinski definition) is 1. The lowest BCUT2D eigenvalue weighted by atomic mass is 9.85. The highest BCUT2D eigenvalue weighted by Crippen LogP contribution is 2.33. The molecule has 1 aliphatic heterocycles. The summed E-state index contributed by atoms with van der Waals surface area (Å²) >= 11 is 0. The van der Waals surface area contributed by atoms with E-state index in [1.54, 1.807) is 0 Å². The van der Waals surface area contributed by atoms with Gasteiger partial charge in [0.2, 0.25) is 5.91 Å². The van der Waals surface area contributed by atoms with Crippen molar-refractivity contribution >= 4 is 18.3 Å². The van der Waals surface area contributed by atoms with Crippen LogP contribution < -0.4 is 5.32 Å². The summed E-state index contributed by atoms with van der Waals surface area (Å²) in [4.78, 5) is 14.6. The molecule has 1 amide bonds. The summed E-state index contributed by atoms with van der Waals surface area (Å²) in [5.41, 5.74) is 2.08. The average molecular weight is 375 g/mol. The molecule has 26 heavy (non-hydrogen) atoms. The minimum absolute atomic E-state index is 0. The molecule has 140 valence electrons. The molecule has 0 bridgehead atoms. The molecule has 0 spiro atoms. The number of benzene rings is 1. The molecule has 1 aliphatic carbocycles. The van der Waals surface area contributed by atoms with Gasteiger partial charge in [-0.1, -0.05) is 31.0 Å². The largest absolute Gasteiger partial charge is 0.340 e. The summed E-state index contributed by atoms with van der Waals surface area (Å²) in [6, 6.07) is 10.6. The number of para-hydroxylation sites is 1. The SMILES string of the molecule is CN(Cc1cnn(-c2ccccc2)c1)C(=O)C1CC2CCCCC2N1.Cl. The standard InChI is InChI=1S/C20H26N4O.ClH/c1-23(20(25)19-11-16-7-5-6-10-18(16)22-19)13-15-12-21-24(14-15)17-8-3-2-4-9-17;/h2-4,8-9,12,14,16,18-19,22H,5-7,10-11,13H2,1H3;1H. The van der Waals surface area contributed by atoms with Crippen LogP contribution in [-0.4, -0.2) is 39.7 Å². The zero-order valence-electron chi connectivity index (χ0n) is 15.2. The third kappa shape index (κ3) is 3.94. The van der Waals surface area contributed by atoms with Crippen molar-refractivity contribution < 1.29 is 4.79 Å². The second-order valence-electron chi connectivity index (χ2n) is 7.43. The van der Waals surface area contributed by atoms with Gasteiger partial charge < -0.3 is 10.2 Å². The number of halogens is 1. The summed E-state index contributed by atoms with van der Waals surface area (Å²) in [6.45, 7) is 0.596. The molecule has 1 N–H and O–H groups in total. The van der Waals surface area contributed by atoms with Crippen molar-refractivity contribution in [2.75, 3.05) is 7.05 Å². The highest BCUT2D eigenvalue weighted by molar-refractivity contribution is 5.85. The second kappa shape index (κ2) is 8.23. The smallest absolute Gasteiger partial charge is 0.239 e. The molecule has 1 saturated carbocycles. The van der Waals surface area contributed by atoms with Crippen LogP contribution in [0.5, 0.6) is 0 Å². The monoisotopic (exact) mass is 374 g/mol. The Morgan fingerprint density at radius 1 is 1.27 bits per heavy atom. The van der Waals surface area contributed by atoms with Crippen molar-refractivity contribution in [3.8, 4) is 5.69 Å². The molecular formula is C20H27ClN4O. The van der Waals surface area contributed by atoms with Crippen molar-refractivity contribution in [1.82, 2.24) is 20.0 Å². The number of aromatic nitrogens is 2. The first kappa shape index (κ1) is 18.9. The summed E-state index contributed by atoms with van der Waals surface area (Å²) < 4.78 is 1.86. The molecule has 1 aromatic heterocycles. The van der Waals surface area contributed by atoms with E-state index in [4.69, 9.17) is 0 Å². The van der Waals surface area contributed by atoms with Gasteiger partial charge in [-0.25, -0.2) is 4.68 Å². The molecule has 4 rings (SSSR count). The van der Waals surface area contributed by atoms with Crippen molar-refractivity contribution in [3.05, 3.63) is 48.3 Å². The van der Waals surface area contributed by atoms with E-state index < -0.39 is 0 Å². The van der Waals surface area contributed by atoms with Crippen molar-refractivity contribution in [2.45, 2.75) is 50.7 Å². The lowest BCUT2D eigenvalue weighted by molar-refractivity contribution is -0.132. The van der Waals surface area contributed by atoms with Crippen LogP contribution in [0, 0.1) is 5.92 Å². The topological polar surface area (TPSA) is 50.2 Å². The number of nitrogens with one attached hydrogen (secondary N) is 1. The molecule has 2 heterocycles. The fraction of sp³-hybridized carbons (Fsp3) is 0.500. The highest BCUT2D eigenvalue weighted by atomic mass is 35.5. The Balaban J connectivity index is 0.00000196. The molecule has 0 radical (unpaired) electrons. The molecule has 5 nitrogen and oxygen atoms in total. The fourth-order valence-corrected chi connectivity index (χ4v) is 4.29. The van der Waals surface area contributed by atoms with Gasteiger partial charge >= 0.3 is 0 Å². The van der Waals surface area contributed by atoms with Crippen LogP contribution in [0.3, 0.4) is 0 Å². The van der Waals surface area contributed by atoms with Crippen molar-refractivity contribution in [2.24, 2.45) is 5.92 Å². The number of rotatable bonds is 4. The maximum absolute atomic E-state index is 12.8. The van der Waals surface area contributed by atoms with Gasteiger partial charge in [-0.05, 0) is 37.3 Å². The van der Waals surface area contributed by atoms with Crippen LogP contribution in [0.15, 0.2) is 42.7 Å². The molecule has 3 unspecified atom stereocenters. The van der Waals surface area contributed by atoms with E-state index in [1.807, 2.05) is 59.4 Å². The Morgan fingerprint density at radius 2 is 2.04 bits per heavy atom. The van der Waals surface area contributed by atoms with Crippen molar-refractivity contribution in [1.29, 1.82) is 0 Å². The molecule has 2 fully saturated rings. The Kier molecular flexibility index (Phi) is 5.99. The molecule has 6 heteroatoms. The first-order valence-corrected chi connectivity index (χ1v) is 9.31. The van der Waals surface area contributed by atoms with Crippen LogP contribution in [-0.2, 0) is 11.3 Å². The van der Waals surface area contributed by atoms with Crippen LogP contribution in [0.4, 0.5) is 0 Å². The number of carbonyl (C=O) groups excluding carboxylic acids is 1. The molecule has 2 aromatic rings. The summed E-state index contributed by atoms with van der Waals surface area (Å²) in [5, 5.41) is 8.00. The van der Waals surface area contributed by atoms with Gasteiger partial charge in [-0.15, -0.1) is 12.4 Å². The van der Waals surface area contributed by atoms with Crippen LogP contribution >= 0.6 is 12.4 Å². The van der Waals surface area contributed by atoms with Gasteiger partial charge in [0.15, 0.2) is 0 Å². The number of hydrogen-bond acceptors (Lipinski definition) is 3. The van der Waals surface area contributed by atoms with Crippen LogP contribution in [0.25, 0.3) is 5.69 Å². The number of fused-ring (bicyclic) bond motifs is 1. The number of likely N-dealkylation sites (N-methyl/N-ethyl adjacent to an activating group) is 1. The maximum atomic E-state index is 12.8. The normalized spacial score (nSPS) is 24.6. The molecule has 2 aliphatic rings. The lowest BCUT2D eigenvalue weighted by Crippen LogP contribution is -2.43. The minimum Gasteiger partial charge on any atom is -0.340 e. The van der Waals surface area contributed by atoms with E-state index >= 15 is 0 Å². The van der Waals surface area contributed by atoms with Gasteiger partial charge in [0.25, 0.3) is 0 Å². The average Bonchev–Trinajstić information content (AvgIpc) is 3.28. The predicted octanol–water partition coefficient (Wildman–Crippen LogP) is 3.17. The van der Waals surface area contributed by atoms with E-state index in [2.05, 4.69) is 10.4 Å². The number of amides is 1. The van der Waals surface area contributed by atoms with E-state index in [1.165, 1.54) is 25.7 Å². The van der Waals surface area contributed by atoms with E-state index in [0.29, 0.717) is 18.5 Å². The third-order valence-corrected chi connectivity index (χ3v) is 5.61. The quantitative estimate of drug-likeness (QED) is 0.894.